The molecule has 4 rings (SSSR count). The van der Waals surface area contributed by atoms with Crippen molar-refractivity contribution in [2.45, 2.75) is 109 Å². The zero-order chi connectivity index (χ0) is 28.5. The molecule has 3 fully saturated rings. The normalized spacial score (nSPS) is 44.3. The van der Waals surface area contributed by atoms with Crippen molar-refractivity contribution in [1.82, 2.24) is 0 Å². The number of rotatable bonds is 8. The first kappa shape index (κ1) is 30.3. The molecule has 11 atom stereocenters. The molecule has 218 valence electrons. The van der Waals surface area contributed by atoms with Gasteiger partial charge in [0.1, 0.15) is 0 Å². The van der Waals surface area contributed by atoms with Gasteiger partial charge in [0.2, 0.25) is 0 Å². The molecule has 10 nitrogen and oxygen atoms in total. The van der Waals surface area contributed by atoms with Crippen LogP contribution in [0.15, 0.2) is 11.6 Å². The number of phosphoric ester groups is 1. The van der Waals surface area contributed by atoms with E-state index in [-0.39, 0.29) is 48.7 Å². The Morgan fingerprint density at radius 1 is 1.16 bits per heavy atom. The molecule has 4 aliphatic carbocycles. The average Bonchev–Trinajstić information content (AvgIpc) is 3.09. The number of hydrogen-bond donors (Lipinski definition) is 7. The van der Waals surface area contributed by atoms with Crippen LogP contribution in [0.3, 0.4) is 0 Å². The van der Waals surface area contributed by atoms with E-state index in [2.05, 4.69) is 4.52 Å². The number of hydrogen-bond acceptors (Lipinski definition) is 8. The summed E-state index contributed by atoms with van der Waals surface area (Å²) in [5.41, 5.74) is -3.14. The first-order chi connectivity index (χ1) is 17.3. The van der Waals surface area contributed by atoms with Gasteiger partial charge >= 0.3 is 7.82 Å². The molecular weight excluding hydrogens is 515 g/mol. The van der Waals surface area contributed by atoms with Crippen molar-refractivity contribution >= 4 is 13.6 Å². The monoisotopic (exact) mass is 560 g/mol. The van der Waals surface area contributed by atoms with Gasteiger partial charge in [-0.25, -0.2) is 4.57 Å². The third-order valence-electron chi connectivity index (χ3n) is 11.0. The molecule has 3 saturated carbocycles. The lowest BCUT2D eigenvalue weighted by atomic mass is 9.46. The van der Waals surface area contributed by atoms with Crippen molar-refractivity contribution in [1.29, 1.82) is 0 Å². The molecule has 0 aliphatic heterocycles. The fourth-order valence-electron chi connectivity index (χ4n) is 8.54. The van der Waals surface area contributed by atoms with Crippen molar-refractivity contribution in [3.63, 3.8) is 0 Å². The van der Waals surface area contributed by atoms with E-state index in [4.69, 9.17) is 9.79 Å². The summed E-state index contributed by atoms with van der Waals surface area (Å²) in [5, 5.41) is 54.5. The Kier molecular flexibility index (Phi) is 7.97. The van der Waals surface area contributed by atoms with Crippen LogP contribution in [0.1, 0.15) is 79.1 Å². The Hall–Kier alpha value is -0.680. The predicted molar refractivity (Wildman–Crippen MR) is 137 cm³/mol. The van der Waals surface area contributed by atoms with Gasteiger partial charge in [-0.15, -0.1) is 0 Å². The Balaban J connectivity index is 1.51. The highest BCUT2D eigenvalue weighted by Crippen LogP contribution is 2.68. The number of aliphatic hydroxyl groups is 5. The molecule has 0 heterocycles. The van der Waals surface area contributed by atoms with Crippen molar-refractivity contribution in [2.24, 2.45) is 34.5 Å². The lowest BCUT2D eigenvalue weighted by Gasteiger charge is -2.60. The minimum Gasteiger partial charge on any atom is -0.393 e. The smallest absolute Gasteiger partial charge is 0.393 e. The number of allylic oxidation sites excluding steroid dienone is 1. The summed E-state index contributed by atoms with van der Waals surface area (Å²) < 4.78 is 15.4. The maximum atomic E-state index is 13.3. The van der Waals surface area contributed by atoms with Crippen LogP contribution in [0.25, 0.3) is 0 Å². The molecule has 0 aromatic rings. The lowest BCUT2D eigenvalue weighted by molar-refractivity contribution is -0.154. The molecule has 0 saturated heterocycles. The summed E-state index contributed by atoms with van der Waals surface area (Å²) in [6.45, 7) is 6.81. The van der Waals surface area contributed by atoms with Gasteiger partial charge in [0.05, 0.1) is 36.1 Å². The standard InChI is InChI=1S/C27H45O10P/c1-15(20(28)7-8-24(2,32)14-37-38(34,35)36)16-6-10-27(33)18-11-21(29)19-12-22(30)23(31)13-25(19,3)17(18)5-9-26(16,27)4/h11,15-17,19-20,22-23,28,30-33H,5-10,12-14H2,1-4H3,(H2,34,35,36)/t15-,16+,17-,19-,20+,22+,23-,24?,25+,26+,27+/m0/s1. The molecule has 4 aliphatic rings. The third kappa shape index (κ3) is 5.10. The van der Waals surface area contributed by atoms with Gasteiger partial charge in [0.15, 0.2) is 5.78 Å². The fraction of sp³-hybridized carbons (Fsp3) is 0.889. The van der Waals surface area contributed by atoms with Crippen LogP contribution in [0.4, 0.5) is 0 Å². The van der Waals surface area contributed by atoms with Gasteiger partial charge in [0.25, 0.3) is 0 Å². The van der Waals surface area contributed by atoms with Crippen LogP contribution in [0.5, 0.6) is 0 Å². The van der Waals surface area contributed by atoms with Crippen LogP contribution in [-0.4, -0.2) is 77.2 Å². The molecule has 0 aromatic heterocycles. The predicted octanol–water partition coefficient (Wildman–Crippen LogP) is 1.83. The summed E-state index contributed by atoms with van der Waals surface area (Å²) in [6.07, 6.45) is 2.30. The highest BCUT2D eigenvalue weighted by atomic mass is 31.2. The quantitative estimate of drug-likeness (QED) is 0.216. The second kappa shape index (κ2) is 10.00. The second-order valence-corrected chi connectivity index (χ2v) is 14.6. The van der Waals surface area contributed by atoms with E-state index in [0.29, 0.717) is 25.7 Å². The molecule has 0 spiro atoms. The molecule has 0 amide bonds. The van der Waals surface area contributed by atoms with Crippen molar-refractivity contribution in [3.8, 4) is 0 Å². The van der Waals surface area contributed by atoms with E-state index in [1.165, 1.54) is 6.92 Å². The first-order valence-electron chi connectivity index (χ1n) is 13.8. The van der Waals surface area contributed by atoms with E-state index in [1.54, 1.807) is 6.08 Å². The van der Waals surface area contributed by atoms with E-state index < -0.39 is 54.8 Å². The largest absolute Gasteiger partial charge is 0.469 e. The number of fused-ring (bicyclic) bond motifs is 5. The van der Waals surface area contributed by atoms with Gasteiger partial charge in [-0.2, -0.15) is 0 Å². The van der Waals surface area contributed by atoms with Crippen LogP contribution >= 0.6 is 7.82 Å². The van der Waals surface area contributed by atoms with E-state index in [1.807, 2.05) is 20.8 Å². The zero-order valence-corrected chi connectivity index (χ0v) is 23.7. The van der Waals surface area contributed by atoms with E-state index in [0.717, 1.165) is 12.0 Å². The Morgan fingerprint density at radius 3 is 2.45 bits per heavy atom. The second-order valence-electron chi connectivity index (χ2n) is 13.4. The summed E-state index contributed by atoms with van der Waals surface area (Å²) >= 11 is 0. The van der Waals surface area contributed by atoms with Crippen LogP contribution in [0, 0.1) is 34.5 Å². The Bertz CT molecular complexity index is 1010. The molecule has 0 radical (unpaired) electrons. The number of ketones is 1. The van der Waals surface area contributed by atoms with Gasteiger partial charge in [-0.3, -0.25) is 9.32 Å². The Labute approximate surface area is 224 Å². The van der Waals surface area contributed by atoms with Crippen molar-refractivity contribution in [2.75, 3.05) is 6.61 Å². The molecule has 38 heavy (non-hydrogen) atoms. The summed E-state index contributed by atoms with van der Waals surface area (Å²) in [7, 11) is -4.72. The molecular formula is C27H45O10P. The van der Waals surface area contributed by atoms with E-state index in [9.17, 15) is 34.9 Å². The maximum Gasteiger partial charge on any atom is 0.469 e. The first-order valence-corrected chi connectivity index (χ1v) is 15.3. The highest BCUT2D eigenvalue weighted by molar-refractivity contribution is 7.46. The maximum absolute atomic E-state index is 13.3. The molecule has 0 bridgehead atoms. The summed E-state index contributed by atoms with van der Waals surface area (Å²) in [4.78, 5) is 31.1. The average molecular weight is 561 g/mol. The van der Waals surface area contributed by atoms with E-state index >= 15 is 0 Å². The van der Waals surface area contributed by atoms with Crippen LogP contribution < -0.4 is 0 Å². The topological polar surface area (TPSA) is 185 Å². The van der Waals surface area contributed by atoms with Gasteiger partial charge in [0, 0.05) is 11.3 Å². The zero-order valence-electron chi connectivity index (χ0n) is 22.8. The molecule has 11 heteroatoms. The van der Waals surface area contributed by atoms with Gasteiger partial charge < -0.3 is 35.3 Å². The van der Waals surface area contributed by atoms with Crippen LogP contribution in [-0.2, 0) is 13.9 Å². The third-order valence-corrected chi connectivity index (χ3v) is 11.4. The molecule has 7 N–H and O–H groups in total. The number of carbonyl (C=O) groups excluding carboxylic acids is 1. The molecule has 0 aromatic carbocycles. The number of carbonyl (C=O) groups is 1. The van der Waals surface area contributed by atoms with Crippen molar-refractivity contribution in [3.05, 3.63) is 11.6 Å². The van der Waals surface area contributed by atoms with Crippen molar-refractivity contribution < 1.29 is 49.2 Å². The van der Waals surface area contributed by atoms with Crippen LogP contribution in [0.2, 0.25) is 0 Å². The SMILES string of the molecule is C[C@H]([C@H](O)CCC(C)(O)COP(=O)(O)O)[C@H]1CC[C@@]2(O)C3=CC(=O)[C@@H]4C[C@@H](O)[C@@H](O)C[C@]4(C)[C@H]3CC[C@]12C. The Morgan fingerprint density at radius 2 is 1.82 bits per heavy atom. The number of aliphatic hydroxyl groups excluding tert-OH is 3. The summed E-state index contributed by atoms with van der Waals surface area (Å²) in [6, 6.07) is 0. The number of phosphoric acid groups is 1. The fourth-order valence-corrected chi connectivity index (χ4v) is 8.99. The van der Waals surface area contributed by atoms with Gasteiger partial charge in [-0.05, 0) is 93.1 Å². The minimum absolute atomic E-state index is 0.0555. The molecule has 1 unspecified atom stereocenters. The lowest BCUT2D eigenvalue weighted by Crippen LogP contribution is -2.61. The summed E-state index contributed by atoms with van der Waals surface area (Å²) in [5.74, 6) is -0.853. The minimum atomic E-state index is -4.72. The van der Waals surface area contributed by atoms with Gasteiger partial charge in [-0.1, -0.05) is 20.8 Å². The highest BCUT2D eigenvalue weighted by Gasteiger charge is 2.67.